The normalized spacial score (nSPS) is 11.2. The number of hydrogen-bond donors (Lipinski definition) is 1. The van der Waals surface area contributed by atoms with Crippen LogP contribution in [0.4, 0.5) is 11.4 Å². The number of carboxylic acids is 1. The summed E-state index contributed by atoms with van der Waals surface area (Å²) in [5.74, 6) is -0.965. The maximum absolute atomic E-state index is 11.3. The summed E-state index contributed by atoms with van der Waals surface area (Å²) in [4.78, 5) is 26.4. The van der Waals surface area contributed by atoms with Crippen molar-refractivity contribution in [2.75, 3.05) is 0 Å². The molecule has 0 aliphatic rings. The van der Waals surface area contributed by atoms with Crippen molar-refractivity contribution in [1.82, 2.24) is 4.57 Å². The summed E-state index contributed by atoms with van der Waals surface area (Å²) in [6.07, 6.45) is 1.62. The lowest BCUT2D eigenvalue weighted by atomic mass is 10.1. The molecule has 3 aromatic rings. The maximum atomic E-state index is 11.3. The molecule has 0 saturated carbocycles. The minimum Gasteiger partial charge on any atom is -0.478 e. The second-order valence-corrected chi connectivity index (χ2v) is 6.98. The van der Waals surface area contributed by atoms with E-state index in [2.05, 4.69) is 4.99 Å². The molecule has 0 saturated heterocycles. The van der Waals surface area contributed by atoms with Crippen molar-refractivity contribution < 1.29 is 14.8 Å². The molecule has 7 heteroatoms. The van der Waals surface area contributed by atoms with E-state index in [1.807, 2.05) is 31.4 Å². The van der Waals surface area contributed by atoms with Gasteiger partial charge in [0.2, 0.25) is 0 Å². The molecule has 1 N–H and O–H groups in total. The third-order valence-electron chi connectivity index (χ3n) is 4.83. The van der Waals surface area contributed by atoms with Crippen LogP contribution in [0.1, 0.15) is 38.4 Å². The van der Waals surface area contributed by atoms with Gasteiger partial charge in [0.15, 0.2) is 0 Å². The van der Waals surface area contributed by atoms with Gasteiger partial charge in [-0.2, -0.15) is 0 Å². The van der Waals surface area contributed by atoms with Gasteiger partial charge in [-0.1, -0.05) is 6.07 Å². The average molecular weight is 391 g/mol. The Morgan fingerprint density at radius 3 is 2.45 bits per heavy atom. The smallest absolute Gasteiger partial charge is 0.335 e. The molecular weight excluding hydrogens is 370 g/mol. The van der Waals surface area contributed by atoms with E-state index in [0.29, 0.717) is 5.69 Å². The van der Waals surface area contributed by atoms with E-state index in [1.165, 1.54) is 6.07 Å². The third-order valence-corrected chi connectivity index (χ3v) is 4.83. The Hall–Kier alpha value is -3.74. The van der Waals surface area contributed by atoms with Gasteiger partial charge in [-0.05, 0) is 69.2 Å². The minimum absolute atomic E-state index is 0.0323. The van der Waals surface area contributed by atoms with Crippen molar-refractivity contribution in [3.8, 4) is 5.69 Å². The molecule has 2 aromatic carbocycles. The third kappa shape index (κ3) is 3.94. The van der Waals surface area contributed by atoms with Crippen LogP contribution in [0.5, 0.6) is 0 Å². The number of nitro benzene ring substituents is 1. The SMILES string of the molecule is Cc1ccc(N=Cc2cc(C)n(-c3ccc(C(=O)O)cc3C)c2C)c([N+](=O)[O-])c1. The molecule has 0 aliphatic carbocycles. The molecule has 0 unspecified atom stereocenters. The van der Waals surface area contributed by atoms with Crippen LogP contribution in [0, 0.1) is 37.8 Å². The first kappa shape index (κ1) is 20.0. The number of nitro groups is 1. The van der Waals surface area contributed by atoms with Gasteiger partial charge >= 0.3 is 5.97 Å². The Kier molecular flexibility index (Phi) is 5.32. The molecule has 1 aromatic heterocycles. The molecule has 0 radical (unpaired) electrons. The highest BCUT2D eigenvalue weighted by molar-refractivity contribution is 5.88. The maximum Gasteiger partial charge on any atom is 0.335 e. The van der Waals surface area contributed by atoms with E-state index in [-0.39, 0.29) is 11.3 Å². The highest BCUT2D eigenvalue weighted by Gasteiger charge is 2.15. The second kappa shape index (κ2) is 7.71. The molecule has 148 valence electrons. The average Bonchev–Trinajstić information content (AvgIpc) is 2.94. The molecular formula is C22H21N3O4. The minimum atomic E-state index is -0.965. The van der Waals surface area contributed by atoms with Crippen LogP contribution >= 0.6 is 0 Å². The van der Waals surface area contributed by atoms with Gasteiger partial charge in [0.1, 0.15) is 5.69 Å². The Bertz CT molecular complexity index is 1160. The molecule has 29 heavy (non-hydrogen) atoms. The zero-order chi connectivity index (χ0) is 21.3. The zero-order valence-electron chi connectivity index (χ0n) is 16.6. The van der Waals surface area contributed by atoms with Crippen molar-refractivity contribution in [2.45, 2.75) is 27.7 Å². The number of aryl methyl sites for hydroxylation is 3. The number of aromatic nitrogens is 1. The fourth-order valence-corrected chi connectivity index (χ4v) is 3.36. The van der Waals surface area contributed by atoms with E-state index >= 15 is 0 Å². The van der Waals surface area contributed by atoms with Crippen LogP contribution in [0.25, 0.3) is 5.69 Å². The van der Waals surface area contributed by atoms with E-state index in [0.717, 1.165) is 33.8 Å². The summed E-state index contributed by atoms with van der Waals surface area (Å²) < 4.78 is 2.02. The Balaban J connectivity index is 2.02. The Labute approximate surface area is 168 Å². The topological polar surface area (TPSA) is 97.7 Å². The van der Waals surface area contributed by atoms with Crippen LogP contribution in [-0.4, -0.2) is 26.8 Å². The summed E-state index contributed by atoms with van der Waals surface area (Å²) in [6, 6.07) is 11.9. The van der Waals surface area contributed by atoms with E-state index < -0.39 is 10.9 Å². The van der Waals surface area contributed by atoms with E-state index in [9.17, 15) is 14.9 Å². The van der Waals surface area contributed by atoms with Gasteiger partial charge in [-0.15, -0.1) is 0 Å². The standard InChI is InChI=1S/C22H21N3O4/c1-13-5-7-19(21(9-13)25(28)29)23-12-18-11-15(3)24(16(18)4)20-8-6-17(22(26)27)10-14(20)2/h5-12H,1-4H3,(H,26,27). The van der Waals surface area contributed by atoms with Crippen molar-refractivity contribution in [1.29, 1.82) is 0 Å². The van der Waals surface area contributed by atoms with E-state index in [4.69, 9.17) is 5.11 Å². The monoisotopic (exact) mass is 391 g/mol. The first-order chi connectivity index (χ1) is 13.7. The van der Waals surface area contributed by atoms with Gasteiger partial charge < -0.3 is 9.67 Å². The van der Waals surface area contributed by atoms with Crippen molar-refractivity contribution in [2.24, 2.45) is 4.99 Å². The summed E-state index contributed by atoms with van der Waals surface area (Å²) >= 11 is 0. The zero-order valence-corrected chi connectivity index (χ0v) is 16.6. The van der Waals surface area contributed by atoms with Gasteiger partial charge in [-0.3, -0.25) is 10.1 Å². The number of benzene rings is 2. The highest BCUT2D eigenvalue weighted by Crippen LogP contribution is 2.29. The first-order valence-corrected chi connectivity index (χ1v) is 9.01. The molecule has 0 spiro atoms. The summed E-state index contributed by atoms with van der Waals surface area (Å²) in [7, 11) is 0. The number of aromatic carboxylic acids is 1. The highest BCUT2D eigenvalue weighted by atomic mass is 16.6. The van der Waals surface area contributed by atoms with Crippen LogP contribution < -0.4 is 0 Å². The lowest BCUT2D eigenvalue weighted by Crippen LogP contribution is -2.04. The summed E-state index contributed by atoms with van der Waals surface area (Å²) in [6.45, 7) is 7.54. The van der Waals surface area contributed by atoms with Gasteiger partial charge in [0, 0.05) is 34.9 Å². The summed E-state index contributed by atoms with van der Waals surface area (Å²) in [5, 5.41) is 20.5. The Morgan fingerprint density at radius 2 is 1.83 bits per heavy atom. The lowest BCUT2D eigenvalue weighted by molar-refractivity contribution is -0.384. The van der Waals surface area contributed by atoms with Crippen molar-refractivity contribution >= 4 is 23.6 Å². The number of rotatable bonds is 5. The predicted octanol–water partition coefficient (Wildman–Crippen LogP) is 5.07. The van der Waals surface area contributed by atoms with Crippen LogP contribution in [0.15, 0.2) is 47.5 Å². The molecule has 0 bridgehead atoms. The van der Waals surface area contributed by atoms with Gasteiger partial charge in [-0.25, -0.2) is 9.79 Å². The molecule has 0 aliphatic heterocycles. The van der Waals surface area contributed by atoms with Crippen LogP contribution in [-0.2, 0) is 0 Å². The quantitative estimate of drug-likeness (QED) is 0.373. The number of aliphatic imine (C=N–C) groups is 1. The molecule has 0 fully saturated rings. The van der Waals surface area contributed by atoms with E-state index in [1.54, 1.807) is 43.5 Å². The van der Waals surface area contributed by atoms with Gasteiger partial charge in [0.25, 0.3) is 5.69 Å². The number of hydrogen-bond acceptors (Lipinski definition) is 4. The Morgan fingerprint density at radius 1 is 1.10 bits per heavy atom. The number of carboxylic acid groups (broad SMARTS) is 1. The van der Waals surface area contributed by atoms with Gasteiger partial charge in [0.05, 0.1) is 10.5 Å². The molecule has 1 heterocycles. The fraction of sp³-hybridized carbons (Fsp3) is 0.182. The fourth-order valence-electron chi connectivity index (χ4n) is 3.36. The van der Waals surface area contributed by atoms with Crippen LogP contribution in [0.2, 0.25) is 0 Å². The molecule has 3 rings (SSSR count). The molecule has 0 amide bonds. The largest absolute Gasteiger partial charge is 0.478 e. The van der Waals surface area contributed by atoms with Crippen molar-refractivity contribution in [3.05, 3.63) is 86.2 Å². The lowest BCUT2D eigenvalue weighted by Gasteiger charge is -2.13. The molecule has 0 atom stereocenters. The first-order valence-electron chi connectivity index (χ1n) is 9.01. The molecule has 7 nitrogen and oxygen atoms in total. The van der Waals surface area contributed by atoms with Crippen LogP contribution in [0.3, 0.4) is 0 Å². The number of nitrogens with zero attached hydrogens (tertiary/aromatic N) is 3. The second-order valence-electron chi connectivity index (χ2n) is 6.98. The predicted molar refractivity (Wildman–Crippen MR) is 112 cm³/mol. The summed E-state index contributed by atoms with van der Waals surface area (Å²) in [5.41, 5.74) is 5.72. The van der Waals surface area contributed by atoms with Crippen molar-refractivity contribution in [3.63, 3.8) is 0 Å². The number of carbonyl (C=O) groups is 1.